The molecule has 2 aromatic carbocycles. The van der Waals surface area contributed by atoms with Gasteiger partial charge in [-0.05, 0) is 42.8 Å². The molecule has 0 fully saturated rings. The van der Waals surface area contributed by atoms with Crippen LogP contribution in [-0.4, -0.2) is 23.0 Å². The van der Waals surface area contributed by atoms with Crippen LogP contribution in [0.1, 0.15) is 25.3 Å². The van der Waals surface area contributed by atoms with Gasteiger partial charge in [0.05, 0.1) is 10.9 Å². The van der Waals surface area contributed by atoms with E-state index in [0.29, 0.717) is 28.5 Å². The second-order valence-electron chi connectivity index (χ2n) is 6.42. The molecular formula is C20H20ClN3O3S. The minimum absolute atomic E-state index is 0.0313. The maximum Gasteiger partial charge on any atom is 0.238 e. The number of fused-ring (bicyclic) bond motifs is 1. The van der Waals surface area contributed by atoms with Gasteiger partial charge < -0.3 is 16.0 Å². The summed E-state index contributed by atoms with van der Waals surface area (Å²) in [5.41, 5.74) is 2.74. The highest BCUT2D eigenvalue weighted by molar-refractivity contribution is 8.01. The Balaban J connectivity index is 1.67. The number of amides is 3. The predicted octanol–water partition coefficient (Wildman–Crippen LogP) is 4.44. The zero-order valence-corrected chi connectivity index (χ0v) is 17.0. The highest BCUT2D eigenvalue weighted by Crippen LogP contribution is 2.38. The van der Waals surface area contributed by atoms with Gasteiger partial charge in [0.15, 0.2) is 0 Å². The third-order valence-electron chi connectivity index (χ3n) is 4.25. The van der Waals surface area contributed by atoms with Crippen molar-refractivity contribution < 1.29 is 14.4 Å². The molecule has 0 radical (unpaired) electrons. The summed E-state index contributed by atoms with van der Waals surface area (Å²) in [6, 6.07) is 10.6. The summed E-state index contributed by atoms with van der Waals surface area (Å²) in [5, 5.41) is 8.41. The number of rotatable bonds is 5. The molecule has 8 heteroatoms. The number of aryl methyl sites for hydroxylation is 1. The normalized spacial score (nSPS) is 15.4. The Morgan fingerprint density at radius 2 is 1.93 bits per heavy atom. The Bertz CT molecular complexity index is 948. The van der Waals surface area contributed by atoms with E-state index >= 15 is 0 Å². The summed E-state index contributed by atoms with van der Waals surface area (Å²) in [6.45, 7) is 3.63. The molecule has 1 unspecified atom stereocenters. The molecule has 1 aliphatic rings. The fourth-order valence-corrected chi connectivity index (χ4v) is 3.97. The van der Waals surface area contributed by atoms with Crippen LogP contribution >= 0.6 is 23.4 Å². The molecule has 3 amide bonds. The molecule has 6 nitrogen and oxygen atoms in total. The first-order chi connectivity index (χ1) is 13.4. The van der Waals surface area contributed by atoms with Crippen molar-refractivity contribution in [3.63, 3.8) is 0 Å². The third kappa shape index (κ3) is 4.85. The van der Waals surface area contributed by atoms with Crippen LogP contribution in [0, 0.1) is 6.92 Å². The number of benzene rings is 2. The van der Waals surface area contributed by atoms with E-state index in [2.05, 4.69) is 16.0 Å². The average Bonchev–Trinajstić information content (AvgIpc) is 2.65. The quantitative estimate of drug-likeness (QED) is 0.671. The first-order valence-corrected chi connectivity index (χ1v) is 10.1. The zero-order chi connectivity index (χ0) is 20.3. The molecule has 2 aromatic rings. The van der Waals surface area contributed by atoms with Gasteiger partial charge in [0.2, 0.25) is 17.7 Å². The van der Waals surface area contributed by atoms with Crippen LogP contribution in [0.15, 0.2) is 41.3 Å². The topological polar surface area (TPSA) is 87.3 Å². The zero-order valence-electron chi connectivity index (χ0n) is 15.5. The van der Waals surface area contributed by atoms with Crippen molar-refractivity contribution in [1.82, 2.24) is 0 Å². The van der Waals surface area contributed by atoms with Gasteiger partial charge in [0.25, 0.3) is 0 Å². The molecule has 0 aromatic heterocycles. The van der Waals surface area contributed by atoms with Crippen LogP contribution in [0.25, 0.3) is 0 Å². The Hall–Kier alpha value is -2.51. The molecular weight excluding hydrogens is 398 g/mol. The van der Waals surface area contributed by atoms with Crippen LogP contribution in [0.4, 0.5) is 17.1 Å². The molecule has 0 spiro atoms. The molecule has 1 atom stereocenters. The van der Waals surface area contributed by atoms with Gasteiger partial charge in [-0.3, -0.25) is 14.4 Å². The summed E-state index contributed by atoms with van der Waals surface area (Å²) >= 11 is 7.30. The number of carbonyl (C=O) groups is 3. The smallest absolute Gasteiger partial charge is 0.238 e. The lowest BCUT2D eigenvalue weighted by Gasteiger charge is -2.24. The van der Waals surface area contributed by atoms with E-state index in [0.717, 1.165) is 10.5 Å². The van der Waals surface area contributed by atoms with Crippen molar-refractivity contribution in [3.05, 3.63) is 47.0 Å². The van der Waals surface area contributed by atoms with E-state index in [9.17, 15) is 14.4 Å². The van der Waals surface area contributed by atoms with Gasteiger partial charge in [-0.2, -0.15) is 0 Å². The van der Waals surface area contributed by atoms with Crippen LogP contribution in [0.2, 0.25) is 5.02 Å². The van der Waals surface area contributed by atoms with Crippen LogP contribution in [-0.2, 0) is 14.4 Å². The lowest BCUT2D eigenvalue weighted by molar-refractivity contribution is -0.120. The molecule has 28 heavy (non-hydrogen) atoms. The maximum atomic E-state index is 12.5. The number of carbonyl (C=O) groups excluding carboxylic acids is 3. The second kappa shape index (κ2) is 8.67. The molecule has 0 bridgehead atoms. The van der Waals surface area contributed by atoms with Crippen molar-refractivity contribution in [2.75, 3.05) is 16.0 Å². The molecule has 1 aliphatic heterocycles. The highest BCUT2D eigenvalue weighted by Gasteiger charge is 2.29. The molecule has 0 saturated carbocycles. The van der Waals surface area contributed by atoms with Gasteiger partial charge in [-0.15, -0.1) is 11.8 Å². The van der Waals surface area contributed by atoms with E-state index in [1.807, 2.05) is 19.1 Å². The van der Waals surface area contributed by atoms with Crippen LogP contribution in [0.5, 0.6) is 0 Å². The Morgan fingerprint density at radius 1 is 1.14 bits per heavy atom. The monoisotopic (exact) mass is 417 g/mol. The van der Waals surface area contributed by atoms with Crippen molar-refractivity contribution in [2.45, 2.75) is 36.8 Å². The Kier molecular flexibility index (Phi) is 6.26. The Morgan fingerprint density at radius 3 is 2.68 bits per heavy atom. The summed E-state index contributed by atoms with van der Waals surface area (Å²) in [7, 11) is 0. The number of nitrogens with one attached hydrogen (secondary N) is 3. The van der Waals surface area contributed by atoms with Gasteiger partial charge in [-0.25, -0.2) is 0 Å². The molecule has 3 rings (SSSR count). The van der Waals surface area contributed by atoms with E-state index < -0.39 is 5.25 Å². The van der Waals surface area contributed by atoms with Crippen molar-refractivity contribution in [2.24, 2.45) is 0 Å². The first-order valence-electron chi connectivity index (χ1n) is 8.83. The number of anilines is 3. The predicted molar refractivity (Wildman–Crippen MR) is 113 cm³/mol. The van der Waals surface area contributed by atoms with E-state index in [-0.39, 0.29) is 24.1 Å². The van der Waals surface area contributed by atoms with Gasteiger partial charge in [0.1, 0.15) is 0 Å². The second-order valence-corrected chi connectivity index (χ2v) is 8.10. The fraction of sp³-hybridized carbons (Fsp3) is 0.250. The molecule has 3 N–H and O–H groups in total. The van der Waals surface area contributed by atoms with E-state index in [1.165, 1.54) is 11.8 Å². The Labute approximate surface area is 172 Å². The number of thioether (sulfide) groups is 1. The summed E-state index contributed by atoms with van der Waals surface area (Å²) in [4.78, 5) is 37.3. The van der Waals surface area contributed by atoms with Crippen molar-refractivity contribution in [1.29, 1.82) is 0 Å². The molecule has 0 saturated heterocycles. The third-order valence-corrected chi connectivity index (χ3v) is 5.76. The van der Waals surface area contributed by atoms with E-state index in [4.69, 9.17) is 11.6 Å². The minimum Gasteiger partial charge on any atom is -0.326 e. The molecule has 146 valence electrons. The van der Waals surface area contributed by atoms with Gasteiger partial charge in [-0.1, -0.05) is 24.6 Å². The van der Waals surface area contributed by atoms with E-state index in [1.54, 1.807) is 31.2 Å². The lowest BCUT2D eigenvalue weighted by atomic mass is 10.1. The van der Waals surface area contributed by atoms with Crippen LogP contribution in [0.3, 0.4) is 0 Å². The summed E-state index contributed by atoms with van der Waals surface area (Å²) in [5.74, 6) is -0.599. The van der Waals surface area contributed by atoms with Crippen LogP contribution < -0.4 is 16.0 Å². The largest absolute Gasteiger partial charge is 0.326 e. The number of hydrogen-bond acceptors (Lipinski definition) is 4. The van der Waals surface area contributed by atoms with Crippen molar-refractivity contribution >= 4 is 58.1 Å². The van der Waals surface area contributed by atoms with Gasteiger partial charge >= 0.3 is 0 Å². The molecule has 0 aliphatic carbocycles. The van der Waals surface area contributed by atoms with Crippen molar-refractivity contribution in [3.8, 4) is 0 Å². The highest BCUT2D eigenvalue weighted by atomic mass is 35.5. The maximum absolute atomic E-state index is 12.5. The number of halogens is 1. The van der Waals surface area contributed by atoms with Gasteiger partial charge in [0, 0.05) is 34.1 Å². The standard InChI is InChI=1S/C20H20ClN3O3S/c1-3-18(25)22-13-6-4-11(2)14(9-13)23-19(26)10-17-20(27)24-15-8-12(21)5-7-16(15)28-17/h4-9,17H,3,10H2,1-2H3,(H,22,25)(H,23,26)(H,24,27). The summed E-state index contributed by atoms with van der Waals surface area (Å²) < 4.78 is 0. The SMILES string of the molecule is CCC(=O)Nc1ccc(C)c(NC(=O)CC2Sc3ccc(Cl)cc3NC2=O)c1. The summed E-state index contributed by atoms with van der Waals surface area (Å²) in [6.07, 6.45) is 0.403. The average molecular weight is 418 g/mol. The number of hydrogen-bond donors (Lipinski definition) is 3. The fourth-order valence-electron chi connectivity index (χ4n) is 2.71. The lowest BCUT2D eigenvalue weighted by Crippen LogP contribution is -2.32. The first kappa shape index (κ1) is 20.2. The minimum atomic E-state index is -0.531. The molecule has 1 heterocycles.